The molecule has 0 aliphatic carbocycles. The van der Waals surface area contributed by atoms with Crippen molar-refractivity contribution in [3.63, 3.8) is 0 Å². The Morgan fingerprint density at radius 3 is 1.25 bits per heavy atom. The number of carbonyl (C=O) groups excluding carboxylic acids is 2. The van der Waals surface area contributed by atoms with Gasteiger partial charge in [0, 0.05) is 0 Å². The van der Waals surface area contributed by atoms with Crippen LogP contribution >= 0.6 is 0 Å². The molecular weight excluding hydrogens is 127 g/mol. The first-order valence-electron chi connectivity index (χ1n) is 1.06. The summed E-state index contributed by atoms with van der Waals surface area (Å²) in [5, 5.41) is 13.9. The summed E-state index contributed by atoms with van der Waals surface area (Å²) >= 11 is 0. The zero-order valence-electron chi connectivity index (χ0n) is 3.12. The molecule has 0 unspecified atom stereocenters. The molecular formula is C2H3NaO5. The van der Waals surface area contributed by atoms with E-state index in [-0.39, 0.29) is 35.7 Å². The summed E-state index contributed by atoms with van der Waals surface area (Å²) in [5.74, 6) is 0. The topological polar surface area (TPSA) is 91.7 Å². The molecule has 0 fully saturated rings. The van der Waals surface area contributed by atoms with Crippen molar-refractivity contribution in [3.8, 4) is 0 Å². The summed E-state index contributed by atoms with van der Waals surface area (Å²) in [5.41, 5.74) is 0. The average molecular weight is 130 g/mol. The molecule has 0 rings (SSSR count). The van der Waals surface area contributed by atoms with Crippen LogP contribution in [0.1, 0.15) is 0 Å². The average Bonchev–Trinajstić information content (AvgIpc) is 1.33. The van der Waals surface area contributed by atoms with Gasteiger partial charge in [0.25, 0.3) is 0 Å². The zero-order valence-corrected chi connectivity index (χ0v) is 3.12. The molecule has 2 N–H and O–H groups in total. The molecule has 0 heterocycles. The van der Waals surface area contributed by atoms with Crippen LogP contribution in [-0.2, 0) is 9.59 Å². The molecule has 0 aromatic carbocycles. The van der Waals surface area contributed by atoms with Crippen molar-refractivity contribution >= 4 is 41.9 Å². The summed E-state index contributed by atoms with van der Waals surface area (Å²) in [7, 11) is 0. The second kappa shape index (κ2) is 15.9. The fourth-order valence-electron chi connectivity index (χ4n) is 0. The van der Waals surface area contributed by atoms with Crippen LogP contribution in [0.5, 0.6) is 0 Å². The van der Waals surface area contributed by atoms with Gasteiger partial charge in [-0.15, -0.1) is 0 Å². The molecule has 0 atom stereocenters. The van der Waals surface area contributed by atoms with Crippen LogP contribution in [0.15, 0.2) is 0 Å². The normalized spacial score (nSPS) is 4.00. The zero-order chi connectivity index (χ0) is 6.28. The molecule has 8 heavy (non-hydrogen) atoms. The number of hydrogen-bond acceptors (Lipinski definition) is 3. The molecule has 0 aromatic rings. The van der Waals surface area contributed by atoms with E-state index in [0.29, 0.717) is 0 Å². The van der Waals surface area contributed by atoms with E-state index in [9.17, 15) is 0 Å². The Kier molecular flexibility index (Phi) is 31.2. The first-order valence-corrected chi connectivity index (χ1v) is 1.06. The van der Waals surface area contributed by atoms with E-state index in [1.165, 1.54) is 0 Å². The van der Waals surface area contributed by atoms with E-state index in [2.05, 4.69) is 0 Å². The second-order valence-corrected chi connectivity index (χ2v) is 0.366. The third-order valence-corrected chi connectivity index (χ3v) is 0. The van der Waals surface area contributed by atoms with Crippen LogP contribution in [0.25, 0.3) is 0 Å². The maximum absolute atomic E-state index is 8.56. The predicted octanol–water partition coefficient (Wildman–Crippen LogP) is -1.01. The number of rotatable bonds is 0. The number of carboxylic acid groups (broad SMARTS) is 2. The van der Waals surface area contributed by atoms with Crippen molar-refractivity contribution < 1.29 is 24.6 Å². The van der Waals surface area contributed by atoms with Gasteiger partial charge < -0.3 is 10.2 Å². The Balaban J connectivity index is -0.0000000575. The summed E-state index contributed by atoms with van der Waals surface area (Å²) in [6, 6.07) is 0. The van der Waals surface area contributed by atoms with Crippen molar-refractivity contribution in [2.45, 2.75) is 0 Å². The van der Waals surface area contributed by atoms with Crippen LogP contribution < -0.4 is 0 Å². The van der Waals surface area contributed by atoms with E-state index >= 15 is 0 Å². The van der Waals surface area contributed by atoms with Crippen molar-refractivity contribution in [3.05, 3.63) is 0 Å². The van der Waals surface area contributed by atoms with Gasteiger partial charge in [0.2, 0.25) is 0 Å². The molecule has 0 aromatic heterocycles. The summed E-state index contributed by atoms with van der Waals surface area (Å²) in [4.78, 5) is 24.8. The molecule has 0 amide bonds. The van der Waals surface area contributed by atoms with E-state index in [4.69, 9.17) is 24.6 Å². The van der Waals surface area contributed by atoms with Crippen LogP contribution in [-0.4, -0.2) is 52.1 Å². The maximum atomic E-state index is 8.56. The fourth-order valence-corrected chi connectivity index (χ4v) is 0. The first-order chi connectivity index (χ1) is 3.15. The minimum absolute atomic E-state index is 0. The third kappa shape index (κ3) is 997. The summed E-state index contributed by atoms with van der Waals surface area (Å²) in [6.45, 7) is 0. The van der Waals surface area contributed by atoms with Crippen molar-refractivity contribution in [2.75, 3.05) is 0 Å². The molecule has 0 saturated carbocycles. The van der Waals surface area contributed by atoms with Gasteiger partial charge in [-0.2, -0.15) is 9.59 Å². The molecule has 6 heteroatoms. The Labute approximate surface area is 66.6 Å². The van der Waals surface area contributed by atoms with Gasteiger partial charge in [-0.25, -0.2) is 4.79 Å². The Morgan fingerprint density at radius 2 is 1.25 bits per heavy atom. The van der Waals surface area contributed by atoms with E-state index in [0.717, 1.165) is 0 Å². The summed E-state index contributed by atoms with van der Waals surface area (Å²) < 4.78 is 0. The van der Waals surface area contributed by atoms with Gasteiger partial charge in [0.15, 0.2) is 0 Å². The van der Waals surface area contributed by atoms with Gasteiger partial charge in [0.1, 0.15) is 0 Å². The van der Waals surface area contributed by atoms with Gasteiger partial charge in [-0.3, -0.25) is 0 Å². The van der Waals surface area contributed by atoms with Crippen LogP contribution in [0.2, 0.25) is 0 Å². The van der Waals surface area contributed by atoms with E-state index in [1.54, 1.807) is 0 Å². The van der Waals surface area contributed by atoms with Crippen LogP contribution in [0.3, 0.4) is 0 Å². The molecule has 42 valence electrons. The molecule has 5 nitrogen and oxygen atoms in total. The minimum atomic E-state index is -1.83. The van der Waals surface area contributed by atoms with Crippen molar-refractivity contribution in [1.29, 1.82) is 0 Å². The molecule has 0 spiro atoms. The predicted molar refractivity (Wildman–Crippen MR) is 22.8 cm³/mol. The van der Waals surface area contributed by atoms with Crippen molar-refractivity contribution in [2.24, 2.45) is 0 Å². The third-order valence-electron chi connectivity index (χ3n) is 0. The Hall–Kier alpha value is -0.350. The molecule has 0 aliphatic rings. The summed E-state index contributed by atoms with van der Waals surface area (Å²) in [6.07, 6.45) is -1.58. The van der Waals surface area contributed by atoms with Gasteiger partial charge in [0.05, 0.1) is 0 Å². The van der Waals surface area contributed by atoms with Gasteiger partial charge in [-0.1, -0.05) is 0 Å². The van der Waals surface area contributed by atoms with Gasteiger partial charge in [-0.05, 0) is 0 Å². The SMILES string of the molecule is O=C(O)O.O=C=O.[NaH]. The van der Waals surface area contributed by atoms with Crippen LogP contribution in [0, 0.1) is 0 Å². The van der Waals surface area contributed by atoms with Gasteiger partial charge >= 0.3 is 41.9 Å². The monoisotopic (exact) mass is 130 g/mol. The Morgan fingerprint density at radius 1 is 1.25 bits per heavy atom. The number of hydrogen-bond donors (Lipinski definition) is 2. The fraction of sp³-hybridized carbons (Fsp3) is 0. The molecule has 0 saturated heterocycles. The molecule has 0 aliphatic heterocycles. The van der Waals surface area contributed by atoms with Crippen molar-refractivity contribution in [1.82, 2.24) is 0 Å². The standard InChI is InChI=1S/CH2O3.CO2.Na.H/c2-1(3)4;2-1-3;;/h(H2,2,3,4);;;. The van der Waals surface area contributed by atoms with Crippen LogP contribution in [0.4, 0.5) is 4.79 Å². The number of carbonyl (C=O) groups is 1. The first kappa shape index (κ1) is 15.6. The molecule has 0 bridgehead atoms. The second-order valence-electron chi connectivity index (χ2n) is 0.366. The quantitative estimate of drug-likeness (QED) is 0.410. The van der Waals surface area contributed by atoms with E-state index < -0.39 is 6.16 Å². The van der Waals surface area contributed by atoms with E-state index in [1.807, 2.05) is 0 Å². The molecule has 0 radical (unpaired) electrons. The Bertz CT molecular complexity index is 78.4.